The van der Waals surface area contributed by atoms with Gasteiger partial charge in [-0.15, -0.1) is 11.3 Å². The van der Waals surface area contributed by atoms with Crippen molar-refractivity contribution in [3.05, 3.63) is 51.8 Å². The van der Waals surface area contributed by atoms with E-state index in [2.05, 4.69) is 35.8 Å². The predicted molar refractivity (Wildman–Crippen MR) is 93.1 cm³/mol. The van der Waals surface area contributed by atoms with Crippen LogP contribution in [0.4, 0.5) is 5.82 Å². The van der Waals surface area contributed by atoms with Gasteiger partial charge in [-0.2, -0.15) is 5.10 Å². The molecule has 0 spiro atoms. The van der Waals surface area contributed by atoms with E-state index in [1.807, 2.05) is 41.1 Å². The number of aromatic nitrogens is 2. The second-order valence-corrected chi connectivity index (χ2v) is 7.62. The van der Waals surface area contributed by atoms with E-state index in [-0.39, 0.29) is 0 Å². The fraction of sp³-hybridized carbons (Fsp3) is 0.188. The molecular weight excluding hydrogens is 346 g/mol. The van der Waals surface area contributed by atoms with E-state index in [1.165, 1.54) is 0 Å². The number of benzene rings is 1. The summed E-state index contributed by atoms with van der Waals surface area (Å²) in [5.41, 5.74) is 9.44. The number of nitrogens with zero attached hydrogens (tertiary/aromatic N) is 2. The number of hydrogen-bond donors (Lipinski definition) is 1. The normalized spacial score (nSPS) is 11.2. The largest absolute Gasteiger partial charge is 0.383 e. The van der Waals surface area contributed by atoms with Crippen LogP contribution in [0.5, 0.6) is 0 Å². The maximum atomic E-state index is 6.37. The minimum Gasteiger partial charge on any atom is -0.383 e. The second-order valence-electron chi connectivity index (χ2n) is 5.15. The van der Waals surface area contributed by atoms with E-state index < -0.39 is 0 Å². The molecule has 2 aromatic heterocycles. The Hall–Kier alpha value is -1.59. The van der Waals surface area contributed by atoms with Crippen molar-refractivity contribution in [3.8, 4) is 16.3 Å². The maximum absolute atomic E-state index is 6.37. The van der Waals surface area contributed by atoms with Gasteiger partial charge in [-0.1, -0.05) is 32.0 Å². The maximum Gasteiger partial charge on any atom is 0.131 e. The summed E-state index contributed by atoms with van der Waals surface area (Å²) in [6.07, 6.45) is 0. The summed E-state index contributed by atoms with van der Waals surface area (Å²) in [4.78, 5) is 1.13. The Balaban J connectivity index is 2.21. The van der Waals surface area contributed by atoms with Gasteiger partial charge in [0.05, 0.1) is 14.4 Å². The lowest BCUT2D eigenvalue weighted by atomic mass is 10.0. The molecule has 3 aromatic rings. The third-order valence-corrected chi connectivity index (χ3v) is 4.97. The van der Waals surface area contributed by atoms with Crippen molar-refractivity contribution in [2.45, 2.75) is 19.8 Å². The van der Waals surface area contributed by atoms with Crippen molar-refractivity contribution < 1.29 is 0 Å². The van der Waals surface area contributed by atoms with Crippen molar-refractivity contribution >= 4 is 33.1 Å². The summed E-state index contributed by atoms with van der Waals surface area (Å²) in [6, 6.07) is 14.1. The molecule has 3 nitrogen and oxygen atoms in total. The number of anilines is 1. The van der Waals surface area contributed by atoms with E-state index in [4.69, 9.17) is 10.8 Å². The highest BCUT2D eigenvalue weighted by Gasteiger charge is 2.21. The zero-order valence-electron chi connectivity index (χ0n) is 11.9. The monoisotopic (exact) mass is 361 g/mol. The molecule has 0 bridgehead atoms. The van der Waals surface area contributed by atoms with E-state index in [0.29, 0.717) is 5.92 Å². The van der Waals surface area contributed by atoms with Gasteiger partial charge in [0.15, 0.2) is 0 Å². The van der Waals surface area contributed by atoms with E-state index in [9.17, 15) is 0 Å². The molecule has 0 unspecified atom stereocenters. The van der Waals surface area contributed by atoms with Crippen LogP contribution < -0.4 is 5.73 Å². The minimum absolute atomic E-state index is 0.318. The number of rotatable bonds is 3. The molecular formula is C16H16BrN3S. The Labute approximate surface area is 136 Å². The molecule has 0 fully saturated rings. The Kier molecular flexibility index (Phi) is 3.87. The first-order chi connectivity index (χ1) is 10.1. The summed E-state index contributed by atoms with van der Waals surface area (Å²) in [5.74, 6) is 1.04. The van der Waals surface area contributed by atoms with Gasteiger partial charge in [0.1, 0.15) is 11.5 Å². The Morgan fingerprint density at radius 2 is 1.86 bits per heavy atom. The summed E-state index contributed by atoms with van der Waals surface area (Å²) >= 11 is 5.19. The highest BCUT2D eigenvalue weighted by molar-refractivity contribution is 9.11. The van der Waals surface area contributed by atoms with Gasteiger partial charge in [-0.05, 0) is 46.1 Å². The SMILES string of the molecule is CC(C)c1c(-c2ccc(Br)s2)nn(-c2ccccc2)c1N. The molecule has 0 amide bonds. The molecule has 1 aromatic carbocycles. The van der Waals surface area contributed by atoms with Crippen molar-refractivity contribution in [1.82, 2.24) is 9.78 Å². The molecule has 2 heterocycles. The number of halogens is 1. The highest BCUT2D eigenvalue weighted by Crippen LogP contribution is 2.38. The van der Waals surface area contributed by atoms with Crippen molar-refractivity contribution in [1.29, 1.82) is 0 Å². The molecule has 0 saturated heterocycles. The smallest absolute Gasteiger partial charge is 0.131 e. The molecule has 108 valence electrons. The molecule has 0 aliphatic carbocycles. The first-order valence-corrected chi connectivity index (χ1v) is 8.38. The van der Waals surface area contributed by atoms with Crippen LogP contribution in [-0.4, -0.2) is 9.78 Å². The zero-order chi connectivity index (χ0) is 15.0. The van der Waals surface area contributed by atoms with Crippen LogP contribution in [0.25, 0.3) is 16.3 Å². The van der Waals surface area contributed by atoms with Crippen molar-refractivity contribution in [2.24, 2.45) is 0 Å². The van der Waals surface area contributed by atoms with Gasteiger partial charge >= 0.3 is 0 Å². The lowest BCUT2D eigenvalue weighted by Gasteiger charge is -2.07. The summed E-state index contributed by atoms with van der Waals surface area (Å²) in [5, 5.41) is 4.77. The summed E-state index contributed by atoms with van der Waals surface area (Å²) < 4.78 is 2.93. The van der Waals surface area contributed by atoms with E-state index >= 15 is 0 Å². The van der Waals surface area contributed by atoms with Gasteiger partial charge in [0, 0.05) is 5.56 Å². The fourth-order valence-corrected chi connectivity index (χ4v) is 3.79. The molecule has 0 saturated carbocycles. The van der Waals surface area contributed by atoms with E-state index in [1.54, 1.807) is 11.3 Å². The van der Waals surface area contributed by atoms with Crippen LogP contribution in [0.2, 0.25) is 0 Å². The molecule has 2 N–H and O–H groups in total. The Bertz CT molecular complexity index is 759. The van der Waals surface area contributed by atoms with E-state index in [0.717, 1.165) is 31.4 Å². The predicted octanol–water partition coefficient (Wildman–Crippen LogP) is 5.07. The topological polar surface area (TPSA) is 43.8 Å². The number of nitrogens with two attached hydrogens (primary N) is 1. The average Bonchev–Trinajstić information content (AvgIpc) is 3.03. The van der Waals surface area contributed by atoms with Crippen LogP contribution in [-0.2, 0) is 0 Å². The number of thiophene rings is 1. The summed E-state index contributed by atoms with van der Waals surface area (Å²) in [6.45, 7) is 4.30. The van der Waals surface area contributed by atoms with Crippen LogP contribution in [0.1, 0.15) is 25.3 Å². The highest BCUT2D eigenvalue weighted by atomic mass is 79.9. The molecule has 0 aliphatic heterocycles. The van der Waals surface area contributed by atoms with Gasteiger partial charge in [0.25, 0.3) is 0 Å². The third kappa shape index (κ3) is 2.63. The average molecular weight is 362 g/mol. The first kappa shape index (κ1) is 14.4. The second kappa shape index (κ2) is 5.66. The fourth-order valence-electron chi connectivity index (χ4n) is 2.40. The first-order valence-electron chi connectivity index (χ1n) is 6.77. The van der Waals surface area contributed by atoms with Crippen molar-refractivity contribution in [3.63, 3.8) is 0 Å². The van der Waals surface area contributed by atoms with Gasteiger partial charge < -0.3 is 5.73 Å². The quantitative estimate of drug-likeness (QED) is 0.707. The molecule has 0 radical (unpaired) electrons. The van der Waals surface area contributed by atoms with Gasteiger partial charge in [-0.25, -0.2) is 4.68 Å². The van der Waals surface area contributed by atoms with Crippen molar-refractivity contribution in [2.75, 3.05) is 5.73 Å². The zero-order valence-corrected chi connectivity index (χ0v) is 14.3. The molecule has 0 aliphatic rings. The standard InChI is InChI=1S/C16H16BrN3S/c1-10(2)14-15(12-8-9-13(17)21-12)19-20(16(14)18)11-6-4-3-5-7-11/h3-10H,18H2,1-2H3. The molecule has 5 heteroatoms. The summed E-state index contributed by atoms with van der Waals surface area (Å²) in [7, 11) is 0. The number of para-hydroxylation sites is 1. The minimum atomic E-state index is 0.318. The van der Waals surface area contributed by atoms with Crippen LogP contribution in [0.3, 0.4) is 0 Å². The molecule has 0 atom stereocenters. The van der Waals surface area contributed by atoms with Crippen LogP contribution in [0.15, 0.2) is 46.3 Å². The Morgan fingerprint density at radius 1 is 1.14 bits per heavy atom. The molecule has 3 rings (SSSR count). The van der Waals surface area contributed by atoms with Crippen LogP contribution in [0, 0.1) is 0 Å². The lowest BCUT2D eigenvalue weighted by Crippen LogP contribution is -2.03. The number of hydrogen-bond acceptors (Lipinski definition) is 3. The van der Waals surface area contributed by atoms with Gasteiger partial charge in [0.2, 0.25) is 0 Å². The lowest BCUT2D eigenvalue weighted by molar-refractivity contribution is 0.868. The van der Waals surface area contributed by atoms with Crippen LogP contribution >= 0.6 is 27.3 Å². The molecule has 21 heavy (non-hydrogen) atoms. The number of nitrogen functional groups attached to an aromatic ring is 1. The Morgan fingerprint density at radius 3 is 2.43 bits per heavy atom. The third-order valence-electron chi connectivity index (χ3n) is 3.34. The van der Waals surface area contributed by atoms with Gasteiger partial charge in [-0.3, -0.25) is 0 Å².